The number of rotatable bonds is 4. The Bertz CT molecular complexity index is 104. The van der Waals surface area contributed by atoms with Crippen molar-refractivity contribution in [3.63, 3.8) is 0 Å². The minimum atomic E-state index is -0.913. The van der Waals surface area contributed by atoms with Crippen LogP contribution in [0.25, 0.3) is 0 Å². The third kappa shape index (κ3) is 10.2. The minimum absolute atomic E-state index is 0. The van der Waals surface area contributed by atoms with E-state index in [1.54, 1.807) is 11.8 Å². The first-order valence-electron chi connectivity index (χ1n) is 2.65. The van der Waals surface area contributed by atoms with E-state index in [4.69, 9.17) is 10.8 Å². The fraction of sp³-hybridized carbons (Fsp3) is 0.800. The van der Waals surface area contributed by atoms with Crippen molar-refractivity contribution in [3.8, 4) is 0 Å². The molecule has 4 nitrogen and oxygen atoms in total. The van der Waals surface area contributed by atoms with Gasteiger partial charge < -0.3 is 16.3 Å². The molecule has 0 aromatic carbocycles. The Balaban J connectivity index is -0.000000320. The van der Waals surface area contributed by atoms with Crippen molar-refractivity contribution in [1.29, 1.82) is 0 Å². The molecule has 0 heterocycles. The summed E-state index contributed by atoms with van der Waals surface area (Å²) >= 11 is 1.60. The second kappa shape index (κ2) is 10.2. The summed E-state index contributed by atoms with van der Waals surface area (Å²) in [5.74, 6) is -0.1000. The Kier molecular flexibility index (Phi) is 16.1. The molecule has 0 fully saturated rings. The standard InChI is InChI=1S/C5H11NO2S.Ni.H2O/c1-9-3-2-4(6)5(7)8;;/h4H,2-3,6H2,1H3,(H,7,8);;1H2. The van der Waals surface area contributed by atoms with E-state index in [1.165, 1.54) is 0 Å². The molecule has 1 atom stereocenters. The summed E-state index contributed by atoms with van der Waals surface area (Å²) < 4.78 is 0. The van der Waals surface area contributed by atoms with E-state index < -0.39 is 12.0 Å². The van der Waals surface area contributed by atoms with Crippen LogP contribution < -0.4 is 5.73 Å². The van der Waals surface area contributed by atoms with Crippen LogP contribution in [-0.4, -0.2) is 34.6 Å². The predicted octanol–water partition coefficient (Wildman–Crippen LogP) is -0.676. The van der Waals surface area contributed by atoms with Crippen molar-refractivity contribution in [2.75, 3.05) is 12.0 Å². The molecular weight excluding hydrogens is 213 g/mol. The fourth-order valence-electron chi connectivity index (χ4n) is 0.368. The fourth-order valence-corrected chi connectivity index (χ4v) is 0.858. The van der Waals surface area contributed by atoms with Gasteiger partial charge in [-0.1, -0.05) is 0 Å². The van der Waals surface area contributed by atoms with Gasteiger partial charge in [-0.2, -0.15) is 11.8 Å². The molecule has 11 heavy (non-hydrogen) atoms. The van der Waals surface area contributed by atoms with Crippen molar-refractivity contribution in [2.45, 2.75) is 12.5 Å². The van der Waals surface area contributed by atoms with Gasteiger partial charge in [-0.3, -0.25) is 4.79 Å². The van der Waals surface area contributed by atoms with Gasteiger partial charge >= 0.3 is 5.97 Å². The number of carboxylic acids is 1. The van der Waals surface area contributed by atoms with E-state index in [2.05, 4.69) is 0 Å². The van der Waals surface area contributed by atoms with Crippen molar-refractivity contribution >= 4 is 17.7 Å². The van der Waals surface area contributed by atoms with Gasteiger partial charge in [0.1, 0.15) is 6.04 Å². The summed E-state index contributed by atoms with van der Waals surface area (Å²) in [6.45, 7) is 0. The Morgan fingerprint density at radius 2 is 2.18 bits per heavy atom. The first-order valence-corrected chi connectivity index (χ1v) is 4.05. The summed E-state index contributed by atoms with van der Waals surface area (Å²) in [6.07, 6.45) is 2.48. The van der Waals surface area contributed by atoms with E-state index in [0.29, 0.717) is 6.42 Å². The van der Waals surface area contributed by atoms with Crippen LogP contribution in [0.4, 0.5) is 0 Å². The van der Waals surface area contributed by atoms with Crippen LogP contribution in [0.5, 0.6) is 0 Å². The van der Waals surface area contributed by atoms with Crippen molar-refractivity contribution in [1.82, 2.24) is 0 Å². The quantitative estimate of drug-likeness (QED) is 0.621. The zero-order valence-corrected chi connectivity index (χ0v) is 7.95. The van der Waals surface area contributed by atoms with Crippen LogP contribution in [0.1, 0.15) is 6.42 Å². The average molecular weight is 226 g/mol. The third-order valence-electron chi connectivity index (χ3n) is 0.950. The predicted molar refractivity (Wildman–Crippen MR) is 42.2 cm³/mol. The number of aliphatic carboxylic acids is 1. The van der Waals surface area contributed by atoms with Crippen LogP contribution in [-0.2, 0) is 21.3 Å². The second-order valence-corrected chi connectivity index (χ2v) is 2.71. The first-order chi connectivity index (χ1) is 4.18. The molecule has 0 spiro atoms. The number of carboxylic acid groups (broad SMARTS) is 1. The molecule has 0 aliphatic carbocycles. The van der Waals surface area contributed by atoms with Crippen molar-refractivity contribution in [2.24, 2.45) is 5.73 Å². The van der Waals surface area contributed by atoms with Gasteiger partial charge in [0.05, 0.1) is 0 Å². The number of thioether (sulfide) groups is 1. The van der Waals surface area contributed by atoms with Gasteiger partial charge in [0.15, 0.2) is 0 Å². The van der Waals surface area contributed by atoms with Crippen LogP contribution in [0, 0.1) is 0 Å². The molecule has 0 aliphatic rings. The zero-order chi connectivity index (χ0) is 7.28. The second-order valence-electron chi connectivity index (χ2n) is 1.73. The molecule has 0 radical (unpaired) electrons. The molecule has 0 aromatic rings. The van der Waals surface area contributed by atoms with Crippen LogP contribution in [0.3, 0.4) is 0 Å². The van der Waals surface area contributed by atoms with E-state index in [0.717, 1.165) is 5.75 Å². The van der Waals surface area contributed by atoms with E-state index in [9.17, 15) is 4.79 Å². The zero-order valence-electron chi connectivity index (χ0n) is 6.15. The summed E-state index contributed by atoms with van der Waals surface area (Å²) in [6, 6.07) is -0.683. The molecule has 0 aromatic heterocycles. The Labute approximate surface area is 80.1 Å². The van der Waals surface area contributed by atoms with Gasteiger partial charge in [0.2, 0.25) is 0 Å². The summed E-state index contributed by atoms with van der Waals surface area (Å²) in [5, 5.41) is 8.27. The Morgan fingerprint density at radius 1 is 1.73 bits per heavy atom. The summed E-state index contributed by atoms with van der Waals surface area (Å²) in [5.41, 5.74) is 5.19. The molecule has 0 aliphatic heterocycles. The van der Waals surface area contributed by atoms with Gasteiger partial charge in [0.25, 0.3) is 0 Å². The SMILES string of the molecule is CSCCC(N)C(=O)O.O.[Ni]. The number of hydrogen-bond acceptors (Lipinski definition) is 3. The first kappa shape index (κ1) is 17.4. The number of carbonyl (C=O) groups is 1. The molecule has 6 heteroatoms. The van der Waals surface area contributed by atoms with Crippen molar-refractivity contribution in [3.05, 3.63) is 0 Å². The van der Waals surface area contributed by atoms with E-state index >= 15 is 0 Å². The molecule has 72 valence electrons. The summed E-state index contributed by atoms with van der Waals surface area (Å²) in [4.78, 5) is 10.1. The van der Waals surface area contributed by atoms with Crippen LogP contribution in [0.15, 0.2) is 0 Å². The maximum atomic E-state index is 10.1. The van der Waals surface area contributed by atoms with Crippen LogP contribution in [0.2, 0.25) is 0 Å². The van der Waals surface area contributed by atoms with Gasteiger partial charge in [0, 0.05) is 16.5 Å². The summed E-state index contributed by atoms with van der Waals surface area (Å²) in [7, 11) is 0. The Morgan fingerprint density at radius 3 is 2.45 bits per heavy atom. The molecule has 1 unspecified atom stereocenters. The monoisotopic (exact) mass is 225 g/mol. The number of hydrogen-bond donors (Lipinski definition) is 2. The van der Waals surface area contributed by atoms with E-state index in [1.807, 2.05) is 6.26 Å². The molecule has 0 bridgehead atoms. The minimum Gasteiger partial charge on any atom is -0.480 e. The molecule has 5 N–H and O–H groups in total. The normalized spacial score (nSPS) is 10.7. The largest absolute Gasteiger partial charge is 0.480 e. The maximum Gasteiger partial charge on any atom is 0.320 e. The molecule has 0 rings (SSSR count). The van der Waals surface area contributed by atoms with Gasteiger partial charge in [-0.15, -0.1) is 0 Å². The number of nitrogens with two attached hydrogens (primary N) is 1. The molecule has 0 saturated heterocycles. The third-order valence-corrected chi connectivity index (χ3v) is 1.59. The molecular formula is C5H13NNiO3S. The smallest absolute Gasteiger partial charge is 0.320 e. The maximum absolute atomic E-state index is 10.1. The molecule has 0 amide bonds. The van der Waals surface area contributed by atoms with Crippen LogP contribution >= 0.6 is 11.8 Å². The molecule has 0 saturated carbocycles. The van der Waals surface area contributed by atoms with E-state index in [-0.39, 0.29) is 22.0 Å². The Hall–Kier alpha value is 0.234. The van der Waals surface area contributed by atoms with Crippen molar-refractivity contribution < 1.29 is 31.9 Å². The topological polar surface area (TPSA) is 94.8 Å². The van der Waals surface area contributed by atoms with Gasteiger partial charge in [-0.05, 0) is 18.4 Å². The van der Waals surface area contributed by atoms with Gasteiger partial charge in [-0.25, -0.2) is 0 Å². The average Bonchev–Trinajstić information content (AvgIpc) is 1.82.